The van der Waals surface area contributed by atoms with E-state index < -0.39 is 0 Å². The predicted octanol–water partition coefficient (Wildman–Crippen LogP) is 1.24. The molecule has 0 aromatic rings. The molecule has 2 fully saturated rings. The fourth-order valence-corrected chi connectivity index (χ4v) is 3.00. The molecule has 1 saturated carbocycles. The highest BCUT2D eigenvalue weighted by atomic mass is 16.5. The van der Waals surface area contributed by atoms with Crippen LogP contribution >= 0.6 is 0 Å². The van der Waals surface area contributed by atoms with Crippen LogP contribution in [0.5, 0.6) is 0 Å². The van der Waals surface area contributed by atoms with E-state index in [0.29, 0.717) is 18.2 Å². The number of ether oxygens (including phenoxy) is 1. The van der Waals surface area contributed by atoms with Gasteiger partial charge >= 0.3 is 0 Å². The molecule has 0 radical (unpaired) electrons. The van der Waals surface area contributed by atoms with E-state index in [4.69, 9.17) is 4.74 Å². The second-order valence-corrected chi connectivity index (χ2v) is 5.08. The van der Waals surface area contributed by atoms with Crippen LogP contribution in [0.2, 0.25) is 0 Å². The lowest BCUT2D eigenvalue weighted by Gasteiger charge is -2.33. The van der Waals surface area contributed by atoms with E-state index in [0.717, 1.165) is 0 Å². The number of piperidine rings is 1. The van der Waals surface area contributed by atoms with E-state index in [9.17, 15) is 0 Å². The Morgan fingerprint density at radius 1 is 1.20 bits per heavy atom. The summed E-state index contributed by atoms with van der Waals surface area (Å²) in [6.45, 7) is 2.46. The third-order valence-electron chi connectivity index (χ3n) is 3.83. The molecule has 0 aromatic heterocycles. The molecule has 2 aliphatic rings. The first-order valence-corrected chi connectivity index (χ1v) is 6.27. The molecule has 1 heterocycles. The summed E-state index contributed by atoms with van der Waals surface area (Å²) in [5, 5.41) is 3.78. The number of hydrogen-bond donors (Lipinski definition) is 1. The van der Waals surface area contributed by atoms with Gasteiger partial charge in [-0.3, -0.25) is 0 Å². The van der Waals surface area contributed by atoms with Crippen molar-refractivity contribution in [2.24, 2.45) is 0 Å². The van der Waals surface area contributed by atoms with Gasteiger partial charge in [0.25, 0.3) is 0 Å². The van der Waals surface area contributed by atoms with Crippen molar-refractivity contribution in [2.45, 2.75) is 50.3 Å². The summed E-state index contributed by atoms with van der Waals surface area (Å²) in [5.41, 5.74) is 0. The van der Waals surface area contributed by atoms with E-state index >= 15 is 0 Å². The number of methoxy groups -OCH3 is 1. The summed E-state index contributed by atoms with van der Waals surface area (Å²) < 4.78 is 5.52. The Hall–Kier alpha value is -0.120. The summed E-state index contributed by atoms with van der Waals surface area (Å²) in [4.78, 5) is 2.43. The fraction of sp³-hybridized carbons (Fsp3) is 1.00. The maximum Gasteiger partial charge on any atom is 0.0724 e. The van der Waals surface area contributed by atoms with Crippen LogP contribution in [0.4, 0.5) is 0 Å². The summed E-state index contributed by atoms with van der Waals surface area (Å²) in [6, 6.07) is 1.29. The first kappa shape index (κ1) is 11.4. The fourth-order valence-electron chi connectivity index (χ4n) is 3.00. The molecule has 3 heteroatoms. The second kappa shape index (κ2) is 5.28. The maximum absolute atomic E-state index is 5.52. The lowest BCUT2D eigenvalue weighted by atomic mass is 10.0. The van der Waals surface area contributed by atoms with Crippen molar-refractivity contribution in [2.75, 3.05) is 27.2 Å². The van der Waals surface area contributed by atoms with Gasteiger partial charge in [-0.05, 0) is 45.7 Å². The lowest BCUT2D eigenvalue weighted by Crippen LogP contribution is -2.50. The zero-order valence-electron chi connectivity index (χ0n) is 10.0. The van der Waals surface area contributed by atoms with Crippen LogP contribution in [-0.4, -0.2) is 50.3 Å². The van der Waals surface area contributed by atoms with Crippen LogP contribution < -0.4 is 5.32 Å². The van der Waals surface area contributed by atoms with Crippen LogP contribution in [0, 0.1) is 0 Å². The van der Waals surface area contributed by atoms with Gasteiger partial charge in [0.15, 0.2) is 0 Å². The maximum atomic E-state index is 5.52. The van der Waals surface area contributed by atoms with Gasteiger partial charge in [0.2, 0.25) is 0 Å². The highest BCUT2D eigenvalue weighted by Gasteiger charge is 2.29. The van der Waals surface area contributed by atoms with Crippen molar-refractivity contribution >= 4 is 0 Å². The van der Waals surface area contributed by atoms with Crippen molar-refractivity contribution in [3.63, 3.8) is 0 Å². The molecule has 1 saturated heterocycles. The van der Waals surface area contributed by atoms with Crippen molar-refractivity contribution in [1.82, 2.24) is 10.2 Å². The van der Waals surface area contributed by atoms with Crippen molar-refractivity contribution in [3.8, 4) is 0 Å². The molecule has 3 atom stereocenters. The quantitative estimate of drug-likeness (QED) is 0.762. The van der Waals surface area contributed by atoms with Crippen LogP contribution in [0.15, 0.2) is 0 Å². The molecule has 3 unspecified atom stereocenters. The number of likely N-dealkylation sites (tertiary alicyclic amines) is 1. The first-order valence-electron chi connectivity index (χ1n) is 6.27. The highest BCUT2D eigenvalue weighted by Crippen LogP contribution is 2.23. The predicted molar refractivity (Wildman–Crippen MR) is 62.1 cm³/mol. The smallest absolute Gasteiger partial charge is 0.0724 e. The minimum Gasteiger partial charge on any atom is -0.380 e. The highest BCUT2D eigenvalue weighted by molar-refractivity contribution is 4.88. The van der Waals surface area contributed by atoms with E-state index in [1.165, 1.54) is 45.2 Å². The molecule has 1 aliphatic heterocycles. The summed E-state index contributed by atoms with van der Waals surface area (Å²) >= 11 is 0. The molecule has 0 bridgehead atoms. The third-order valence-corrected chi connectivity index (χ3v) is 3.83. The van der Waals surface area contributed by atoms with Gasteiger partial charge in [-0.1, -0.05) is 0 Å². The molecule has 0 spiro atoms. The topological polar surface area (TPSA) is 24.5 Å². The van der Waals surface area contributed by atoms with Crippen LogP contribution in [0.3, 0.4) is 0 Å². The zero-order chi connectivity index (χ0) is 10.7. The van der Waals surface area contributed by atoms with E-state index in [2.05, 4.69) is 17.3 Å². The molecule has 15 heavy (non-hydrogen) atoms. The van der Waals surface area contributed by atoms with Gasteiger partial charge in [-0.25, -0.2) is 0 Å². The van der Waals surface area contributed by atoms with E-state index in [1.54, 1.807) is 0 Å². The molecule has 0 amide bonds. The average Bonchev–Trinajstić information content (AvgIpc) is 2.65. The van der Waals surface area contributed by atoms with Gasteiger partial charge in [0, 0.05) is 25.7 Å². The largest absolute Gasteiger partial charge is 0.380 e. The molecule has 2 rings (SSSR count). The summed E-state index contributed by atoms with van der Waals surface area (Å²) in [5.74, 6) is 0. The number of nitrogens with one attached hydrogen (secondary N) is 1. The Bertz CT molecular complexity index is 198. The third kappa shape index (κ3) is 2.92. The Morgan fingerprint density at radius 3 is 2.80 bits per heavy atom. The van der Waals surface area contributed by atoms with E-state index in [-0.39, 0.29) is 0 Å². The SMILES string of the molecule is COC1CCCC1NC1CCCN(C)C1. The van der Waals surface area contributed by atoms with Crippen molar-refractivity contribution in [1.29, 1.82) is 0 Å². The normalized spacial score (nSPS) is 38.4. The van der Waals surface area contributed by atoms with Crippen LogP contribution in [0.1, 0.15) is 32.1 Å². The number of hydrogen-bond acceptors (Lipinski definition) is 3. The van der Waals surface area contributed by atoms with Crippen LogP contribution in [0.25, 0.3) is 0 Å². The van der Waals surface area contributed by atoms with Gasteiger partial charge < -0.3 is 15.0 Å². The molecular formula is C12H24N2O. The number of nitrogens with zero attached hydrogens (tertiary/aromatic N) is 1. The van der Waals surface area contributed by atoms with Gasteiger partial charge in [-0.15, -0.1) is 0 Å². The average molecular weight is 212 g/mol. The van der Waals surface area contributed by atoms with Crippen molar-refractivity contribution in [3.05, 3.63) is 0 Å². The number of likely N-dealkylation sites (N-methyl/N-ethyl adjacent to an activating group) is 1. The molecule has 0 aromatic carbocycles. The Morgan fingerprint density at radius 2 is 2.07 bits per heavy atom. The van der Waals surface area contributed by atoms with Gasteiger partial charge in [-0.2, -0.15) is 0 Å². The minimum atomic E-state index is 0.456. The monoisotopic (exact) mass is 212 g/mol. The van der Waals surface area contributed by atoms with Gasteiger partial charge in [0.1, 0.15) is 0 Å². The summed E-state index contributed by atoms with van der Waals surface area (Å²) in [6.07, 6.45) is 6.96. The lowest BCUT2D eigenvalue weighted by molar-refractivity contribution is 0.0759. The minimum absolute atomic E-state index is 0.456. The molecule has 3 nitrogen and oxygen atoms in total. The summed E-state index contributed by atoms with van der Waals surface area (Å²) in [7, 11) is 4.06. The number of rotatable bonds is 3. The Kier molecular flexibility index (Phi) is 4.00. The first-order chi connectivity index (χ1) is 7.29. The van der Waals surface area contributed by atoms with Gasteiger partial charge in [0.05, 0.1) is 6.10 Å². The van der Waals surface area contributed by atoms with Crippen molar-refractivity contribution < 1.29 is 4.74 Å². The molecule has 1 N–H and O–H groups in total. The Balaban J connectivity index is 1.80. The standard InChI is InChI=1S/C12H24N2O/c1-14-8-4-5-10(9-14)13-11-6-3-7-12(11)15-2/h10-13H,3-9H2,1-2H3. The molecule has 88 valence electrons. The zero-order valence-corrected chi connectivity index (χ0v) is 10.0. The van der Waals surface area contributed by atoms with Crippen LogP contribution in [-0.2, 0) is 4.74 Å². The molecule has 1 aliphatic carbocycles. The molecular weight excluding hydrogens is 188 g/mol. The second-order valence-electron chi connectivity index (χ2n) is 5.08. The van der Waals surface area contributed by atoms with E-state index in [1.807, 2.05) is 7.11 Å². The Labute approximate surface area is 93.2 Å².